The van der Waals surface area contributed by atoms with Gasteiger partial charge in [-0.1, -0.05) is 36.4 Å². The molecule has 3 N–H and O–H groups in total. The van der Waals surface area contributed by atoms with Gasteiger partial charge in [0, 0.05) is 36.3 Å². The molecule has 38 heavy (non-hydrogen) atoms. The first-order valence-corrected chi connectivity index (χ1v) is 13.0. The molecule has 0 spiro atoms. The summed E-state index contributed by atoms with van der Waals surface area (Å²) in [5.74, 6) is -0.276. The Morgan fingerprint density at radius 3 is 2.39 bits per heavy atom. The fourth-order valence-corrected chi connectivity index (χ4v) is 5.19. The van der Waals surface area contributed by atoms with Crippen molar-refractivity contribution in [2.75, 3.05) is 25.4 Å². The molecule has 0 bridgehead atoms. The molecule has 8 heteroatoms. The minimum absolute atomic E-state index is 0.0840. The number of carbonyl (C=O) groups is 2. The van der Waals surface area contributed by atoms with Crippen molar-refractivity contribution < 1.29 is 18.7 Å². The molecule has 2 aromatic carbocycles. The second-order valence-corrected chi connectivity index (χ2v) is 11.0. The molecule has 0 atom stereocenters. The fourth-order valence-electron chi connectivity index (χ4n) is 5.19. The van der Waals surface area contributed by atoms with Gasteiger partial charge < -0.3 is 20.7 Å². The Labute approximate surface area is 222 Å². The van der Waals surface area contributed by atoms with Crippen LogP contribution in [-0.4, -0.2) is 47.1 Å². The van der Waals surface area contributed by atoms with E-state index in [1.54, 1.807) is 17.0 Å². The Morgan fingerprint density at radius 2 is 1.71 bits per heavy atom. The van der Waals surface area contributed by atoms with E-state index >= 15 is 0 Å². The minimum atomic E-state index is -0.623. The third-order valence-electron chi connectivity index (χ3n) is 7.19. The van der Waals surface area contributed by atoms with Crippen molar-refractivity contribution in [3.63, 3.8) is 0 Å². The number of aromatic nitrogens is 1. The van der Waals surface area contributed by atoms with Gasteiger partial charge in [0.1, 0.15) is 11.4 Å². The number of fused-ring (bicyclic) bond motifs is 1. The summed E-state index contributed by atoms with van der Waals surface area (Å²) in [4.78, 5) is 30.2. The summed E-state index contributed by atoms with van der Waals surface area (Å²) in [6.45, 7) is 7.48. The van der Waals surface area contributed by atoms with Crippen LogP contribution >= 0.6 is 0 Å². The number of hydrogen-bond acceptors (Lipinski definition) is 5. The molecule has 2 aliphatic heterocycles. The zero-order valence-corrected chi connectivity index (χ0v) is 22.0. The van der Waals surface area contributed by atoms with Crippen LogP contribution in [0.5, 0.6) is 0 Å². The maximum Gasteiger partial charge on any atom is 0.410 e. The molecule has 1 aromatic heterocycles. The molecule has 0 saturated carbocycles. The molecular weight excluding hydrogens is 483 g/mol. The van der Waals surface area contributed by atoms with Crippen molar-refractivity contribution in [2.45, 2.75) is 51.6 Å². The standard InChI is InChI=1S/C30H33FN4O3/c1-30(2,3)38-29(37)35-14-11-19(12-15-35)18-4-6-20(7-5-18)24-17-25(27(32)34-26(24)31)21-8-9-23-22(16-21)10-13-33-28(23)36/h4-9,16-17,19H,10-15H2,1-3H3,(H2,32,34)(H,33,36). The van der Waals surface area contributed by atoms with Crippen LogP contribution in [0.4, 0.5) is 15.0 Å². The first kappa shape index (κ1) is 25.7. The Morgan fingerprint density at radius 1 is 1.03 bits per heavy atom. The van der Waals surface area contributed by atoms with Crippen LogP contribution in [0.1, 0.15) is 61.0 Å². The van der Waals surface area contributed by atoms with Crippen LogP contribution in [0.15, 0.2) is 48.5 Å². The zero-order valence-electron chi connectivity index (χ0n) is 22.0. The van der Waals surface area contributed by atoms with Crippen LogP contribution in [0, 0.1) is 5.95 Å². The summed E-state index contributed by atoms with van der Waals surface area (Å²) >= 11 is 0. The van der Waals surface area contributed by atoms with Gasteiger partial charge in [0.05, 0.1) is 0 Å². The average Bonchev–Trinajstić information content (AvgIpc) is 2.88. The number of pyridine rings is 1. The number of likely N-dealkylation sites (tertiary alicyclic amines) is 1. The normalized spacial score (nSPS) is 16.1. The molecule has 0 radical (unpaired) electrons. The van der Waals surface area contributed by atoms with Crippen LogP contribution in [0.3, 0.4) is 0 Å². The minimum Gasteiger partial charge on any atom is -0.444 e. The lowest BCUT2D eigenvalue weighted by atomic mass is 9.88. The summed E-state index contributed by atoms with van der Waals surface area (Å²) in [5, 5.41) is 2.84. The van der Waals surface area contributed by atoms with Gasteiger partial charge in [-0.25, -0.2) is 9.78 Å². The fraction of sp³-hybridized carbons (Fsp3) is 0.367. The molecule has 2 amide bonds. The number of nitrogens with zero attached hydrogens (tertiary/aromatic N) is 2. The molecule has 1 fully saturated rings. The van der Waals surface area contributed by atoms with E-state index in [9.17, 15) is 14.0 Å². The number of anilines is 1. The van der Waals surface area contributed by atoms with E-state index in [-0.39, 0.29) is 17.8 Å². The number of hydrogen-bond donors (Lipinski definition) is 2. The number of nitrogens with two attached hydrogens (primary N) is 1. The highest BCUT2D eigenvalue weighted by atomic mass is 19.1. The smallest absolute Gasteiger partial charge is 0.410 e. The first-order valence-electron chi connectivity index (χ1n) is 13.0. The molecule has 0 unspecified atom stereocenters. The molecule has 5 rings (SSSR count). The monoisotopic (exact) mass is 516 g/mol. The zero-order chi connectivity index (χ0) is 27.0. The number of carbonyl (C=O) groups excluding carboxylic acids is 2. The van der Waals surface area contributed by atoms with Gasteiger partial charge in [-0.05, 0) is 80.3 Å². The highest BCUT2D eigenvalue weighted by Gasteiger charge is 2.27. The van der Waals surface area contributed by atoms with Crippen molar-refractivity contribution in [1.82, 2.24) is 15.2 Å². The summed E-state index contributed by atoms with van der Waals surface area (Å²) < 4.78 is 20.4. The van der Waals surface area contributed by atoms with E-state index < -0.39 is 11.5 Å². The lowest BCUT2D eigenvalue weighted by Gasteiger charge is -2.33. The maximum atomic E-state index is 15.0. The number of piperidine rings is 1. The van der Waals surface area contributed by atoms with Crippen molar-refractivity contribution in [3.8, 4) is 22.3 Å². The summed E-state index contributed by atoms with van der Waals surface area (Å²) in [6, 6.07) is 15.1. The quantitative estimate of drug-likeness (QED) is 0.446. The predicted molar refractivity (Wildman–Crippen MR) is 145 cm³/mol. The van der Waals surface area contributed by atoms with E-state index in [2.05, 4.69) is 10.3 Å². The Hall–Kier alpha value is -3.94. The van der Waals surface area contributed by atoms with Gasteiger partial charge in [-0.2, -0.15) is 4.39 Å². The SMILES string of the molecule is CC(C)(C)OC(=O)N1CCC(c2ccc(-c3cc(-c4ccc5c(c4)CCNC5=O)c(N)nc3F)cc2)CC1. The Kier molecular flexibility index (Phi) is 6.82. The van der Waals surface area contributed by atoms with Crippen molar-refractivity contribution in [3.05, 3.63) is 71.2 Å². The molecule has 198 valence electrons. The predicted octanol–water partition coefficient (Wildman–Crippen LogP) is 5.54. The highest BCUT2D eigenvalue weighted by molar-refractivity contribution is 5.97. The van der Waals surface area contributed by atoms with Gasteiger partial charge in [-0.3, -0.25) is 4.79 Å². The number of nitrogen functional groups attached to an aromatic ring is 1. The van der Waals surface area contributed by atoms with Gasteiger partial charge in [0.25, 0.3) is 5.91 Å². The van der Waals surface area contributed by atoms with E-state index in [1.807, 2.05) is 57.2 Å². The number of rotatable bonds is 3. The molecule has 3 aromatic rings. The Bertz CT molecular complexity index is 1370. The molecule has 0 aliphatic carbocycles. The van der Waals surface area contributed by atoms with Crippen LogP contribution in [-0.2, 0) is 11.2 Å². The molecule has 1 saturated heterocycles. The van der Waals surface area contributed by atoms with Crippen LogP contribution < -0.4 is 11.1 Å². The maximum absolute atomic E-state index is 15.0. The lowest BCUT2D eigenvalue weighted by Crippen LogP contribution is -2.41. The van der Waals surface area contributed by atoms with Crippen LogP contribution in [0.25, 0.3) is 22.3 Å². The van der Waals surface area contributed by atoms with E-state index in [1.165, 1.54) is 0 Å². The van der Waals surface area contributed by atoms with Gasteiger partial charge in [0.2, 0.25) is 5.95 Å². The second kappa shape index (κ2) is 10.1. The molecule has 7 nitrogen and oxygen atoms in total. The lowest BCUT2D eigenvalue weighted by molar-refractivity contribution is 0.0204. The van der Waals surface area contributed by atoms with Crippen LogP contribution in [0.2, 0.25) is 0 Å². The number of halogens is 1. The molecular formula is C30H33FN4O3. The largest absolute Gasteiger partial charge is 0.444 e. The third kappa shape index (κ3) is 5.35. The first-order chi connectivity index (χ1) is 18.1. The van der Waals surface area contributed by atoms with E-state index in [0.717, 1.165) is 36.0 Å². The van der Waals surface area contributed by atoms with Gasteiger partial charge >= 0.3 is 6.09 Å². The Balaban J connectivity index is 1.33. The number of amides is 2. The van der Waals surface area contributed by atoms with E-state index in [0.29, 0.717) is 47.8 Å². The van der Waals surface area contributed by atoms with Crippen molar-refractivity contribution >= 4 is 17.8 Å². The second-order valence-electron chi connectivity index (χ2n) is 11.0. The van der Waals surface area contributed by atoms with Gasteiger partial charge in [0.15, 0.2) is 0 Å². The molecule has 3 heterocycles. The summed E-state index contributed by atoms with van der Waals surface area (Å²) in [6.07, 6.45) is 2.15. The van der Waals surface area contributed by atoms with Gasteiger partial charge in [-0.15, -0.1) is 0 Å². The molecule has 2 aliphatic rings. The topological polar surface area (TPSA) is 97.5 Å². The summed E-state index contributed by atoms with van der Waals surface area (Å²) in [5.41, 5.74) is 10.9. The van der Waals surface area contributed by atoms with E-state index in [4.69, 9.17) is 10.5 Å². The number of ether oxygens (including phenoxy) is 1. The number of benzene rings is 2. The summed E-state index contributed by atoms with van der Waals surface area (Å²) in [7, 11) is 0. The average molecular weight is 517 g/mol. The van der Waals surface area contributed by atoms with Crippen molar-refractivity contribution in [2.24, 2.45) is 0 Å². The highest BCUT2D eigenvalue weighted by Crippen LogP contribution is 2.35. The third-order valence-corrected chi connectivity index (χ3v) is 7.19. The number of nitrogens with one attached hydrogen (secondary N) is 1. The van der Waals surface area contributed by atoms with Crippen molar-refractivity contribution in [1.29, 1.82) is 0 Å².